The Morgan fingerprint density at radius 2 is 0.537 bits per heavy atom. The Morgan fingerprint density at radius 3 is 0.800 bits per heavy atom. The van der Waals surface area contributed by atoms with Crippen molar-refractivity contribution < 1.29 is 80.2 Å². The molecule has 0 rings (SSSR count). The highest BCUT2D eigenvalue weighted by atomic mass is 31.2. The minimum Gasteiger partial charge on any atom is -0.462 e. The van der Waals surface area contributed by atoms with Crippen LogP contribution in [-0.2, 0) is 65.4 Å². The molecule has 0 aromatic heterocycles. The zero-order valence-corrected chi connectivity index (χ0v) is 63.9. The van der Waals surface area contributed by atoms with Crippen molar-refractivity contribution in [3.05, 3.63) is 0 Å². The molecule has 0 spiro atoms. The third-order valence-electron chi connectivity index (χ3n) is 18.0. The lowest BCUT2D eigenvalue weighted by atomic mass is 9.99. The van der Waals surface area contributed by atoms with Gasteiger partial charge in [0.15, 0.2) is 12.2 Å². The number of carbonyl (C=O) groups excluding carboxylic acids is 4. The molecule has 0 aliphatic rings. The van der Waals surface area contributed by atoms with Crippen LogP contribution in [-0.4, -0.2) is 96.7 Å². The smallest absolute Gasteiger partial charge is 0.462 e. The van der Waals surface area contributed by atoms with Gasteiger partial charge in [-0.15, -0.1) is 0 Å². The van der Waals surface area contributed by atoms with Crippen LogP contribution in [0.25, 0.3) is 0 Å². The summed E-state index contributed by atoms with van der Waals surface area (Å²) in [6.07, 6.45) is 52.6. The predicted molar refractivity (Wildman–Crippen MR) is 386 cm³/mol. The van der Waals surface area contributed by atoms with E-state index in [1.54, 1.807) is 0 Å². The number of hydrogen-bond acceptors (Lipinski definition) is 15. The van der Waals surface area contributed by atoms with Crippen LogP contribution in [0.2, 0.25) is 0 Å². The molecule has 6 atom stereocenters. The number of carbonyl (C=O) groups is 4. The Bertz CT molecular complexity index is 1850. The van der Waals surface area contributed by atoms with E-state index in [4.69, 9.17) is 37.0 Å². The van der Waals surface area contributed by atoms with Gasteiger partial charge in [0.2, 0.25) is 0 Å². The number of unbranched alkanes of at least 4 members (excludes halogenated alkanes) is 41. The van der Waals surface area contributed by atoms with Crippen molar-refractivity contribution in [1.82, 2.24) is 0 Å². The molecular formula is C76H148O17P2. The van der Waals surface area contributed by atoms with Gasteiger partial charge in [-0.1, -0.05) is 337 Å². The summed E-state index contributed by atoms with van der Waals surface area (Å²) >= 11 is 0. The first-order chi connectivity index (χ1) is 45.8. The standard InChI is InChI=1S/C76H148O17P2/c1-8-10-11-12-13-14-15-16-17-18-19-22-29-38-45-52-59-75(80)92-71(63-86-73(78)57-50-43-36-28-23-20-21-26-33-40-47-54-67(3)4)65-90-94(82,83)88-61-70(77)62-89-95(84,85)91-66-72(64-87-74(79)58-51-44-37-32-31-35-42-49-56-69(7)9-2)93-76(81)60-53-46-39-30-25-24-27-34-41-48-55-68(5)6/h67-72,77H,8-66H2,1-7H3,(H,82,83)(H,84,85)/t69?,70-,71-,72-/m1/s1. The summed E-state index contributed by atoms with van der Waals surface area (Å²) in [7, 11) is -9.91. The Balaban J connectivity index is 5.27. The van der Waals surface area contributed by atoms with Gasteiger partial charge in [0, 0.05) is 25.7 Å². The molecule has 0 aromatic carbocycles. The Morgan fingerprint density at radius 1 is 0.305 bits per heavy atom. The van der Waals surface area contributed by atoms with E-state index in [0.717, 1.165) is 108 Å². The summed E-state index contributed by atoms with van der Waals surface area (Å²) in [6.45, 7) is 11.9. The van der Waals surface area contributed by atoms with Crippen molar-refractivity contribution in [3.8, 4) is 0 Å². The summed E-state index contributed by atoms with van der Waals surface area (Å²) in [5, 5.41) is 10.6. The Hall–Kier alpha value is -1.94. The van der Waals surface area contributed by atoms with Crippen LogP contribution in [0.4, 0.5) is 0 Å². The normalized spacial score (nSPS) is 14.4. The summed E-state index contributed by atoms with van der Waals surface area (Å²) < 4.78 is 68.6. The highest BCUT2D eigenvalue weighted by Crippen LogP contribution is 2.45. The monoisotopic (exact) mass is 1400 g/mol. The van der Waals surface area contributed by atoms with Crippen LogP contribution in [0.15, 0.2) is 0 Å². The Kier molecular flexibility index (Phi) is 65.2. The third kappa shape index (κ3) is 69.0. The van der Waals surface area contributed by atoms with Crippen LogP contribution in [0, 0.1) is 17.8 Å². The van der Waals surface area contributed by atoms with Crippen LogP contribution >= 0.6 is 15.6 Å². The van der Waals surface area contributed by atoms with E-state index in [0.29, 0.717) is 25.7 Å². The molecule has 0 aliphatic carbocycles. The van der Waals surface area contributed by atoms with Gasteiger partial charge in [0.25, 0.3) is 0 Å². The Labute approximate surface area is 581 Å². The molecule has 0 fully saturated rings. The lowest BCUT2D eigenvalue weighted by Gasteiger charge is -2.21. The number of aliphatic hydroxyl groups is 1. The van der Waals surface area contributed by atoms with Gasteiger partial charge in [-0.2, -0.15) is 0 Å². The molecule has 95 heavy (non-hydrogen) atoms. The van der Waals surface area contributed by atoms with Gasteiger partial charge in [-0.05, 0) is 43.4 Å². The van der Waals surface area contributed by atoms with Crippen LogP contribution < -0.4 is 0 Å². The van der Waals surface area contributed by atoms with Crippen molar-refractivity contribution >= 4 is 39.5 Å². The molecule has 0 aliphatic heterocycles. The molecule has 0 bridgehead atoms. The number of phosphoric ester groups is 2. The van der Waals surface area contributed by atoms with E-state index in [-0.39, 0.29) is 25.7 Å². The van der Waals surface area contributed by atoms with Gasteiger partial charge in [0.05, 0.1) is 26.4 Å². The molecule has 564 valence electrons. The van der Waals surface area contributed by atoms with E-state index < -0.39 is 97.5 Å². The second-order valence-corrected chi connectivity index (χ2v) is 31.5. The second kappa shape index (κ2) is 66.6. The maximum atomic E-state index is 13.1. The quantitative estimate of drug-likeness (QED) is 0.0222. The summed E-state index contributed by atoms with van der Waals surface area (Å²) in [5.74, 6) is 0.184. The SMILES string of the molecule is CCCCCCCCCCCCCCCCCCC(=O)O[C@H](COC(=O)CCCCCCCCCCCCCC(C)C)COP(=O)(O)OC[C@@H](O)COP(=O)(O)OC[C@@H](COC(=O)CCCCCCCCCCC(C)CC)OC(=O)CCCCCCCCCCCCC(C)C. The number of rotatable bonds is 74. The number of aliphatic hydroxyl groups excluding tert-OH is 1. The predicted octanol–water partition coefficient (Wildman–Crippen LogP) is 22.2. The third-order valence-corrected chi connectivity index (χ3v) is 19.9. The van der Waals surface area contributed by atoms with E-state index in [1.165, 1.54) is 199 Å². The fourth-order valence-corrected chi connectivity index (χ4v) is 13.1. The van der Waals surface area contributed by atoms with Gasteiger partial charge in [-0.3, -0.25) is 37.3 Å². The lowest BCUT2D eigenvalue weighted by Crippen LogP contribution is -2.30. The molecule has 0 heterocycles. The van der Waals surface area contributed by atoms with E-state index in [2.05, 4.69) is 48.5 Å². The van der Waals surface area contributed by atoms with Gasteiger partial charge >= 0.3 is 39.5 Å². The molecule has 0 radical (unpaired) electrons. The minimum atomic E-state index is -4.96. The number of phosphoric acid groups is 2. The molecule has 0 saturated carbocycles. The second-order valence-electron chi connectivity index (χ2n) is 28.6. The molecular weight excluding hydrogens is 1250 g/mol. The molecule has 17 nitrogen and oxygen atoms in total. The lowest BCUT2D eigenvalue weighted by molar-refractivity contribution is -0.161. The number of esters is 4. The summed E-state index contributed by atoms with van der Waals surface area (Å²) in [5.41, 5.74) is 0. The molecule has 3 unspecified atom stereocenters. The number of hydrogen-bond donors (Lipinski definition) is 3. The maximum absolute atomic E-state index is 13.1. The fourth-order valence-electron chi connectivity index (χ4n) is 11.6. The van der Waals surface area contributed by atoms with Gasteiger partial charge in [-0.25, -0.2) is 9.13 Å². The van der Waals surface area contributed by atoms with E-state index in [9.17, 15) is 43.2 Å². The average Bonchev–Trinajstić information content (AvgIpc) is 1.61. The summed E-state index contributed by atoms with van der Waals surface area (Å²) in [4.78, 5) is 72.9. The van der Waals surface area contributed by atoms with Crippen molar-refractivity contribution in [2.75, 3.05) is 39.6 Å². The van der Waals surface area contributed by atoms with Crippen LogP contribution in [0.1, 0.15) is 389 Å². The zero-order valence-electron chi connectivity index (χ0n) is 62.1. The topological polar surface area (TPSA) is 237 Å². The summed E-state index contributed by atoms with van der Waals surface area (Å²) in [6, 6.07) is 0. The number of ether oxygens (including phenoxy) is 4. The van der Waals surface area contributed by atoms with Crippen molar-refractivity contribution in [1.29, 1.82) is 0 Å². The van der Waals surface area contributed by atoms with Crippen molar-refractivity contribution in [2.45, 2.75) is 407 Å². The van der Waals surface area contributed by atoms with Crippen LogP contribution in [0.3, 0.4) is 0 Å². The van der Waals surface area contributed by atoms with E-state index >= 15 is 0 Å². The molecule has 19 heteroatoms. The molecule has 0 saturated heterocycles. The average molecular weight is 1400 g/mol. The fraction of sp³-hybridized carbons (Fsp3) is 0.947. The van der Waals surface area contributed by atoms with Crippen molar-refractivity contribution in [2.24, 2.45) is 17.8 Å². The van der Waals surface area contributed by atoms with E-state index in [1.807, 2.05) is 0 Å². The van der Waals surface area contributed by atoms with Gasteiger partial charge in [0.1, 0.15) is 19.3 Å². The molecule has 3 N–H and O–H groups in total. The zero-order chi connectivity index (χ0) is 70.1. The largest absolute Gasteiger partial charge is 0.472 e. The molecule has 0 aromatic rings. The van der Waals surface area contributed by atoms with Gasteiger partial charge < -0.3 is 33.8 Å². The highest BCUT2D eigenvalue weighted by molar-refractivity contribution is 7.47. The minimum absolute atomic E-state index is 0.105. The maximum Gasteiger partial charge on any atom is 0.472 e. The van der Waals surface area contributed by atoms with Crippen molar-refractivity contribution in [3.63, 3.8) is 0 Å². The first-order valence-corrected chi connectivity index (χ1v) is 42.4. The first kappa shape index (κ1) is 93.1. The van der Waals surface area contributed by atoms with Crippen LogP contribution in [0.5, 0.6) is 0 Å². The highest BCUT2D eigenvalue weighted by Gasteiger charge is 2.30. The molecule has 0 amide bonds. The first-order valence-electron chi connectivity index (χ1n) is 39.4.